The van der Waals surface area contributed by atoms with Crippen LogP contribution in [0.5, 0.6) is 0 Å². The average molecular weight is 480 g/mol. The molecule has 0 spiro atoms. The summed E-state index contributed by atoms with van der Waals surface area (Å²) in [5.41, 5.74) is 0.930. The van der Waals surface area contributed by atoms with Crippen molar-refractivity contribution in [3.8, 4) is 0 Å². The average Bonchev–Trinajstić information content (AvgIpc) is 3.50. The Morgan fingerprint density at radius 3 is 2.44 bits per heavy atom. The van der Waals surface area contributed by atoms with Crippen molar-refractivity contribution in [1.29, 1.82) is 0 Å². The molecule has 1 aromatic carbocycles. The molecule has 4 aliphatic rings. The number of benzene rings is 1. The second-order valence-electron chi connectivity index (χ2n) is 10.1. The van der Waals surface area contributed by atoms with Gasteiger partial charge in [0.05, 0.1) is 47.8 Å². The number of fused-ring (bicyclic) bond motifs is 1. The van der Waals surface area contributed by atoms with Gasteiger partial charge >= 0.3 is 0 Å². The van der Waals surface area contributed by atoms with Crippen LogP contribution in [-0.2, 0) is 16.0 Å². The molecule has 3 saturated heterocycles. The molecule has 7 heteroatoms. The first kappa shape index (κ1) is 22.9. The molecule has 0 bridgehead atoms. The van der Waals surface area contributed by atoms with Gasteiger partial charge in [-0.2, -0.15) is 0 Å². The number of ether oxygens (including phenoxy) is 1. The molecule has 1 saturated carbocycles. The molecule has 1 aromatic rings. The van der Waals surface area contributed by atoms with Crippen molar-refractivity contribution < 1.29 is 9.53 Å². The van der Waals surface area contributed by atoms with Crippen LogP contribution in [0.25, 0.3) is 0 Å². The second kappa shape index (κ2) is 10.2. The van der Waals surface area contributed by atoms with Crippen molar-refractivity contribution in [3.05, 3.63) is 33.8 Å². The lowest BCUT2D eigenvalue weighted by atomic mass is 9.90. The topological polar surface area (TPSA) is 36.0 Å². The Kier molecular flexibility index (Phi) is 7.30. The minimum atomic E-state index is 0.199. The summed E-state index contributed by atoms with van der Waals surface area (Å²) in [5, 5.41) is 1.04. The van der Waals surface area contributed by atoms with Crippen molar-refractivity contribution in [2.24, 2.45) is 5.92 Å². The van der Waals surface area contributed by atoms with Gasteiger partial charge in [0.25, 0.3) is 0 Å². The van der Waals surface area contributed by atoms with Gasteiger partial charge in [-0.3, -0.25) is 14.6 Å². The predicted octanol–water partition coefficient (Wildman–Crippen LogP) is 4.10. The first-order chi connectivity index (χ1) is 15.6. The van der Waals surface area contributed by atoms with Gasteiger partial charge in [-0.15, -0.1) is 0 Å². The van der Waals surface area contributed by atoms with E-state index in [1.807, 2.05) is 12.1 Å². The summed E-state index contributed by atoms with van der Waals surface area (Å²) in [6, 6.07) is 6.32. The molecule has 0 aromatic heterocycles. The molecular formula is C25H35Cl2N3O2. The van der Waals surface area contributed by atoms with Gasteiger partial charge in [0.1, 0.15) is 0 Å². The minimum absolute atomic E-state index is 0.199. The highest BCUT2D eigenvalue weighted by atomic mass is 35.5. The summed E-state index contributed by atoms with van der Waals surface area (Å²) in [4.78, 5) is 21.0. The fourth-order valence-electron chi connectivity index (χ4n) is 6.41. The van der Waals surface area contributed by atoms with Crippen LogP contribution in [0.15, 0.2) is 18.2 Å². The molecule has 4 fully saturated rings. The molecule has 3 heterocycles. The number of hydrogen-bond acceptors (Lipinski definition) is 4. The number of nitrogens with zero attached hydrogens (tertiary/aromatic N) is 3. The van der Waals surface area contributed by atoms with Gasteiger partial charge in [0.15, 0.2) is 0 Å². The zero-order valence-corrected chi connectivity index (χ0v) is 20.4. The highest BCUT2D eigenvalue weighted by Gasteiger charge is 2.48. The lowest BCUT2D eigenvalue weighted by Gasteiger charge is -2.54. The van der Waals surface area contributed by atoms with E-state index in [4.69, 9.17) is 27.9 Å². The lowest BCUT2D eigenvalue weighted by molar-refractivity contribution is -0.153. The summed E-state index contributed by atoms with van der Waals surface area (Å²) in [5.74, 6) is 1.01. The summed E-state index contributed by atoms with van der Waals surface area (Å²) in [6.45, 7) is 6.61. The van der Waals surface area contributed by atoms with Crippen LogP contribution in [0.2, 0.25) is 10.0 Å². The van der Waals surface area contributed by atoms with Crippen LogP contribution in [0, 0.1) is 5.92 Å². The summed E-state index contributed by atoms with van der Waals surface area (Å²) >= 11 is 12.3. The minimum Gasteiger partial charge on any atom is -0.378 e. The van der Waals surface area contributed by atoms with Crippen molar-refractivity contribution in [2.45, 2.75) is 63.1 Å². The third-order valence-corrected chi connectivity index (χ3v) is 8.80. The van der Waals surface area contributed by atoms with Crippen LogP contribution >= 0.6 is 23.2 Å². The summed E-state index contributed by atoms with van der Waals surface area (Å²) < 4.78 is 6.18. The molecule has 176 valence electrons. The SMILES string of the molecule is O=C(Cc1ccc(Cl)c(Cl)c1)N1CCN(CC2CCCC2)[C@@H]2COCC(N3CCCC3)[C@H]21. The Bertz CT molecular complexity index is 810. The van der Waals surface area contributed by atoms with E-state index < -0.39 is 0 Å². The number of rotatable bonds is 5. The van der Waals surface area contributed by atoms with Crippen LogP contribution in [0.1, 0.15) is 44.1 Å². The van der Waals surface area contributed by atoms with E-state index in [-0.39, 0.29) is 11.9 Å². The highest BCUT2D eigenvalue weighted by molar-refractivity contribution is 6.42. The summed E-state index contributed by atoms with van der Waals surface area (Å²) in [6.07, 6.45) is 8.31. The second-order valence-corrected chi connectivity index (χ2v) is 10.9. The maximum atomic E-state index is 13.6. The monoisotopic (exact) mass is 479 g/mol. The van der Waals surface area contributed by atoms with E-state index >= 15 is 0 Å². The first-order valence-electron chi connectivity index (χ1n) is 12.4. The number of carbonyl (C=O) groups excluding carboxylic acids is 1. The molecule has 3 atom stereocenters. The molecule has 1 aliphatic carbocycles. The quantitative estimate of drug-likeness (QED) is 0.636. The predicted molar refractivity (Wildman–Crippen MR) is 128 cm³/mol. The lowest BCUT2D eigenvalue weighted by Crippen LogP contribution is -2.71. The third-order valence-electron chi connectivity index (χ3n) is 8.06. The smallest absolute Gasteiger partial charge is 0.227 e. The van der Waals surface area contributed by atoms with E-state index in [0.29, 0.717) is 28.5 Å². The number of hydrogen-bond donors (Lipinski definition) is 0. The number of carbonyl (C=O) groups is 1. The van der Waals surface area contributed by atoms with Crippen molar-refractivity contribution >= 4 is 29.1 Å². The number of halogens is 2. The van der Waals surface area contributed by atoms with Gasteiger partial charge in [-0.05, 0) is 62.4 Å². The van der Waals surface area contributed by atoms with Crippen LogP contribution in [0.3, 0.4) is 0 Å². The molecular weight excluding hydrogens is 445 g/mol. The Hall–Kier alpha value is -0.850. The molecule has 3 aliphatic heterocycles. The van der Waals surface area contributed by atoms with Crippen molar-refractivity contribution in [1.82, 2.24) is 14.7 Å². The summed E-state index contributed by atoms with van der Waals surface area (Å²) in [7, 11) is 0. The molecule has 0 radical (unpaired) electrons. The fraction of sp³-hybridized carbons (Fsp3) is 0.720. The first-order valence-corrected chi connectivity index (χ1v) is 13.1. The Morgan fingerprint density at radius 2 is 1.69 bits per heavy atom. The maximum Gasteiger partial charge on any atom is 0.227 e. The molecule has 1 amide bonds. The largest absolute Gasteiger partial charge is 0.378 e. The van der Waals surface area contributed by atoms with E-state index in [0.717, 1.165) is 57.4 Å². The van der Waals surface area contributed by atoms with Gasteiger partial charge in [0, 0.05) is 19.6 Å². The molecule has 32 heavy (non-hydrogen) atoms. The van der Waals surface area contributed by atoms with E-state index in [9.17, 15) is 4.79 Å². The van der Waals surface area contributed by atoms with Crippen molar-refractivity contribution in [3.63, 3.8) is 0 Å². The van der Waals surface area contributed by atoms with Gasteiger partial charge < -0.3 is 9.64 Å². The van der Waals surface area contributed by atoms with E-state index in [1.165, 1.54) is 38.5 Å². The van der Waals surface area contributed by atoms with Gasteiger partial charge in [-0.1, -0.05) is 42.1 Å². The zero-order chi connectivity index (χ0) is 22.1. The molecule has 5 rings (SSSR count). The standard InChI is InChI=1S/C25H35Cl2N3O2/c26-20-8-7-19(13-21(20)27)14-24(31)30-12-11-29(15-18-5-1-2-6-18)23-17-32-16-22(25(23)30)28-9-3-4-10-28/h7-8,13,18,22-23,25H,1-6,9-12,14-17H2/t22?,23-,25-/m1/s1. The normalized spacial score (nSPS) is 30.1. The number of amides is 1. The zero-order valence-electron chi connectivity index (χ0n) is 18.9. The Labute approximate surface area is 202 Å². The van der Waals surface area contributed by atoms with Crippen molar-refractivity contribution in [2.75, 3.05) is 45.9 Å². The van der Waals surface area contributed by atoms with Gasteiger partial charge in [-0.25, -0.2) is 0 Å². The Balaban J connectivity index is 1.36. The van der Waals surface area contributed by atoms with Crippen LogP contribution < -0.4 is 0 Å². The molecule has 0 N–H and O–H groups in total. The highest BCUT2D eigenvalue weighted by Crippen LogP contribution is 2.33. The van der Waals surface area contributed by atoms with Crippen LogP contribution in [0.4, 0.5) is 0 Å². The number of likely N-dealkylation sites (tertiary alicyclic amines) is 1. The van der Waals surface area contributed by atoms with Crippen LogP contribution in [-0.4, -0.2) is 84.7 Å². The maximum absolute atomic E-state index is 13.6. The fourth-order valence-corrected chi connectivity index (χ4v) is 6.73. The van der Waals surface area contributed by atoms with Gasteiger partial charge in [0.2, 0.25) is 5.91 Å². The van der Waals surface area contributed by atoms with E-state index in [1.54, 1.807) is 6.07 Å². The Morgan fingerprint density at radius 1 is 0.938 bits per heavy atom. The third kappa shape index (κ3) is 4.83. The number of piperazine rings is 1. The van der Waals surface area contributed by atoms with E-state index in [2.05, 4.69) is 14.7 Å². The molecule has 1 unspecified atom stereocenters. The molecule has 5 nitrogen and oxygen atoms in total.